The molecule has 0 aromatic heterocycles. The molecule has 0 rings (SSSR count). The van der Waals surface area contributed by atoms with Crippen LogP contribution in [0.25, 0.3) is 0 Å². The fraction of sp³-hybridized carbons (Fsp3) is 0.750. The molecular weight excluding hydrogens is 817 g/mol. The molecule has 0 aliphatic heterocycles. The zero-order chi connectivity index (χ0) is 47.9. The number of unbranched alkanes of at least 4 members (excludes halogenated alkanes) is 28. The average molecular weight is 921 g/mol. The highest BCUT2D eigenvalue weighted by atomic mass is 16.6. The molecule has 0 aromatic carbocycles. The van der Waals surface area contributed by atoms with Crippen LogP contribution in [0.1, 0.15) is 271 Å². The first-order valence-corrected chi connectivity index (χ1v) is 28.0. The Morgan fingerprint density at radius 2 is 0.636 bits per heavy atom. The van der Waals surface area contributed by atoms with Gasteiger partial charge in [0.05, 0.1) is 0 Å². The van der Waals surface area contributed by atoms with E-state index < -0.39 is 6.10 Å². The van der Waals surface area contributed by atoms with E-state index in [2.05, 4.69) is 93.7 Å². The second-order valence-electron chi connectivity index (χ2n) is 18.5. The van der Waals surface area contributed by atoms with Crippen LogP contribution in [-0.4, -0.2) is 37.2 Å². The molecule has 0 spiro atoms. The van der Waals surface area contributed by atoms with E-state index >= 15 is 0 Å². The third-order valence-electron chi connectivity index (χ3n) is 12.0. The summed E-state index contributed by atoms with van der Waals surface area (Å²) in [5, 5.41) is 0. The zero-order valence-corrected chi connectivity index (χ0v) is 43.4. The maximum absolute atomic E-state index is 12.8. The van der Waals surface area contributed by atoms with Crippen molar-refractivity contribution in [3.05, 3.63) is 72.9 Å². The first kappa shape index (κ1) is 62.8. The lowest BCUT2D eigenvalue weighted by Crippen LogP contribution is -2.30. The fourth-order valence-electron chi connectivity index (χ4n) is 7.78. The maximum Gasteiger partial charge on any atom is 0.306 e. The molecule has 6 nitrogen and oxygen atoms in total. The Kier molecular flexibility index (Phi) is 51.9. The predicted molar refractivity (Wildman–Crippen MR) is 284 cm³/mol. The number of carbonyl (C=O) groups excluding carboxylic acids is 3. The van der Waals surface area contributed by atoms with E-state index in [1.165, 1.54) is 128 Å². The lowest BCUT2D eigenvalue weighted by Gasteiger charge is -2.18. The Morgan fingerprint density at radius 3 is 1.03 bits per heavy atom. The van der Waals surface area contributed by atoms with Crippen molar-refractivity contribution in [1.82, 2.24) is 0 Å². The summed E-state index contributed by atoms with van der Waals surface area (Å²) < 4.78 is 16.8. The standard InChI is InChI=1S/C60H104O6/c1-4-7-10-13-16-19-22-25-28-31-34-37-40-43-46-49-52-58(61)64-55-57(66-60(63)54-51-48-45-42-39-36-33-30-27-24-21-18-15-12-9-6-3)56-65-59(62)53-50-47-44-41-38-35-32-29-26-23-20-17-14-11-8-5-2/h7,10,16,19,25,28,30,33-34,36-37,39,57H,4-6,8-9,11-15,17-18,20-24,26-27,29,31-32,35,38,40-56H2,1-3H3/b10-7-,19-16-,28-25-,33-30-,37-34-,39-36-. The van der Waals surface area contributed by atoms with Gasteiger partial charge in [-0.25, -0.2) is 0 Å². The number of esters is 3. The second kappa shape index (κ2) is 54.5. The van der Waals surface area contributed by atoms with E-state index in [4.69, 9.17) is 14.2 Å². The van der Waals surface area contributed by atoms with Gasteiger partial charge in [-0.2, -0.15) is 0 Å². The van der Waals surface area contributed by atoms with Crippen molar-refractivity contribution in [2.75, 3.05) is 13.2 Å². The van der Waals surface area contributed by atoms with Crippen LogP contribution in [-0.2, 0) is 28.6 Å². The summed E-state index contributed by atoms with van der Waals surface area (Å²) in [6.45, 7) is 6.49. The Labute approximate surface area is 408 Å². The Hall–Kier alpha value is -3.15. The summed E-state index contributed by atoms with van der Waals surface area (Å²) in [5.74, 6) is -0.946. The number of carbonyl (C=O) groups is 3. The Balaban J connectivity index is 4.46. The molecule has 380 valence electrons. The number of ether oxygens (including phenoxy) is 3. The Bertz CT molecular complexity index is 1240. The van der Waals surface area contributed by atoms with Gasteiger partial charge in [-0.1, -0.05) is 241 Å². The highest BCUT2D eigenvalue weighted by Crippen LogP contribution is 2.15. The van der Waals surface area contributed by atoms with E-state index in [1.54, 1.807) is 0 Å². The number of allylic oxidation sites excluding steroid dienone is 12. The fourth-order valence-corrected chi connectivity index (χ4v) is 7.78. The van der Waals surface area contributed by atoms with Crippen LogP contribution in [0.15, 0.2) is 72.9 Å². The zero-order valence-electron chi connectivity index (χ0n) is 43.4. The van der Waals surface area contributed by atoms with Crippen LogP contribution in [0.2, 0.25) is 0 Å². The molecule has 0 bridgehead atoms. The van der Waals surface area contributed by atoms with Gasteiger partial charge in [0.2, 0.25) is 0 Å². The minimum absolute atomic E-state index is 0.0944. The van der Waals surface area contributed by atoms with Gasteiger partial charge >= 0.3 is 17.9 Å². The van der Waals surface area contributed by atoms with Crippen molar-refractivity contribution in [2.45, 2.75) is 277 Å². The molecule has 0 aliphatic carbocycles. The SMILES string of the molecule is CC/C=C\C/C=C\C/C=C\C/C=C\CCCCCC(=O)OCC(COC(=O)CCCCCCCCCCCCCCCCCC)OC(=O)CCCCC/C=C\C=C/CCCCCCCCC. The van der Waals surface area contributed by atoms with Crippen LogP contribution in [0.5, 0.6) is 0 Å². The summed E-state index contributed by atoms with van der Waals surface area (Å²) in [4.78, 5) is 38.1. The molecule has 0 aromatic rings. The minimum atomic E-state index is -0.801. The monoisotopic (exact) mass is 921 g/mol. The van der Waals surface area contributed by atoms with Crippen molar-refractivity contribution < 1.29 is 28.6 Å². The van der Waals surface area contributed by atoms with Gasteiger partial charge in [-0.15, -0.1) is 0 Å². The molecular formula is C60H104O6. The van der Waals surface area contributed by atoms with Crippen molar-refractivity contribution in [2.24, 2.45) is 0 Å². The van der Waals surface area contributed by atoms with Crippen LogP contribution in [0.3, 0.4) is 0 Å². The second-order valence-corrected chi connectivity index (χ2v) is 18.5. The topological polar surface area (TPSA) is 78.9 Å². The van der Waals surface area contributed by atoms with Crippen molar-refractivity contribution >= 4 is 17.9 Å². The summed E-state index contributed by atoms with van der Waals surface area (Å²) in [6, 6.07) is 0. The van der Waals surface area contributed by atoms with E-state index in [0.717, 1.165) is 103 Å². The summed E-state index contributed by atoms with van der Waals surface area (Å²) in [6.07, 6.45) is 68.9. The molecule has 1 atom stereocenters. The van der Waals surface area contributed by atoms with Crippen LogP contribution in [0, 0.1) is 0 Å². The maximum atomic E-state index is 12.8. The number of hydrogen-bond acceptors (Lipinski definition) is 6. The van der Waals surface area contributed by atoms with Crippen LogP contribution in [0.4, 0.5) is 0 Å². The molecule has 0 heterocycles. The number of rotatable bonds is 50. The van der Waals surface area contributed by atoms with E-state index in [-0.39, 0.29) is 31.1 Å². The molecule has 1 unspecified atom stereocenters. The van der Waals surface area contributed by atoms with Crippen molar-refractivity contribution in [1.29, 1.82) is 0 Å². The van der Waals surface area contributed by atoms with Gasteiger partial charge in [0, 0.05) is 19.3 Å². The minimum Gasteiger partial charge on any atom is -0.462 e. The number of hydrogen-bond donors (Lipinski definition) is 0. The smallest absolute Gasteiger partial charge is 0.306 e. The molecule has 66 heavy (non-hydrogen) atoms. The summed E-state index contributed by atoms with van der Waals surface area (Å²) >= 11 is 0. The lowest BCUT2D eigenvalue weighted by atomic mass is 10.0. The van der Waals surface area contributed by atoms with Gasteiger partial charge in [0.25, 0.3) is 0 Å². The van der Waals surface area contributed by atoms with Gasteiger partial charge in [0.15, 0.2) is 6.10 Å². The van der Waals surface area contributed by atoms with E-state index in [1.807, 2.05) is 0 Å². The molecule has 0 N–H and O–H groups in total. The van der Waals surface area contributed by atoms with Crippen molar-refractivity contribution in [3.8, 4) is 0 Å². The third kappa shape index (κ3) is 51.8. The summed E-state index contributed by atoms with van der Waals surface area (Å²) in [5.41, 5.74) is 0. The Morgan fingerprint density at radius 1 is 0.333 bits per heavy atom. The molecule has 0 aliphatic rings. The first-order chi connectivity index (χ1) is 32.5. The molecule has 0 radical (unpaired) electrons. The first-order valence-electron chi connectivity index (χ1n) is 28.0. The van der Waals surface area contributed by atoms with Gasteiger partial charge in [-0.05, 0) is 83.5 Å². The van der Waals surface area contributed by atoms with Gasteiger partial charge < -0.3 is 14.2 Å². The normalized spacial score (nSPS) is 12.6. The molecule has 0 saturated heterocycles. The molecule has 0 saturated carbocycles. The highest BCUT2D eigenvalue weighted by Gasteiger charge is 2.19. The van der Waals surface area contributed by atoms with E-state index in [0.29, 0.717) is 19.3 Å². The molecule has 0 fully saturated rings. The van der Waals surface area contributed by atoms with Crippen LogP contribution < -0.4 is 0 Å². The molecule has 6 heteroatoms. The molecule has 0 amide bonds. The van der Waals surface area contributed by atoms with Crippen LogP contribution >= 0.6 is 0 Å². The lowest BCUT2D eigenvalue weighted by molar-refractivity contribution is -0.167. The van der Waals surface area contributed by atoms with E-state index in [9.17, 15) is 14.4 Å². The summed E-state index contributed by atoms with van der Waals surface area (Å²) in [7, 11) is 0. The quantitative estimate of drug-likeness (QED) is 0.0199. The van der Waals surface area contributed by atoms with Gasteiger partial charge in [-0.3, -0.25) is 14.4 Å². The highest BCUT2D eigenvalue weighted by molar-refractivity contribution is 5.71. The third-order valence-corrected chi connectivity index (χ3v) is 12.0. The predicted octanol–water partition coefficient (Wildman–Crippen LogP) is 18.6. The average Bonchev–Trinajstić information content (AvgIpc) is 3.31. The largest absolute Gasteiger partial charge is 0.462 e. The van der Waals surface area contributed by atoms with Crippen molar-refractivity contribution in [3.63, 3.8) is 0 Å². The van der Waals surface area contributed by atoms with Gasteiger partial charge in [0.1, 0.15) is 13.2 Å².